The van der Waals surface area contributed by atoms with Crippen molar-refractivity contribution >= 4 is 0 Å². The SMILES string of the molecule is C1=C(Cc2ccc3c(c2)OCO3)[C@@H](Cc2ccc3c(c2)OCO3)CO1. The van der Waals surface area contributed by atoms with Gasteiger partial charge in [0.05, 0.1) is 12.9 Å². The molecule has 0 unspecified atom stereocenters. The molecule has 3 aliphatic rings. The number of rotatable bonds is 4. The number of hydrogen-bond acceptors (Lipinski definition) is 5. The highest BCUT2D eigenvalue weighted by Crippen LogP contribution is 2.36. The van der Waals surface area contributed by atoms with Crippen molar-refractivity contribution in [3.05, 3.63) is 59.4 Å². The summed E-state index contributed by atoms with van der Waals surface area (Å²) < 4.78 is 27.3. The fraction of sp³-hybridized carbons (Fsp3) is 0.300. The van der Waals surface area contributed by atoms with Crippen molar-refractivity contribution < 1.29 is 23.7 Å². The molecule has 1 atom stereocenters. The Morgan fingerprint density at radius 1 is 0.760 bits per heavy atom. The molecule has 0 saturated carbocycles. The topological polar surface area (TPSA) is 46.2 Å². The Balaban J connectivity index is 1.30. The van der Waals surface area contributed by atoms with Crippen LogP contribution in [0.4, 0.5) is 0 Å². The highest BCUT2D eigenvalue weighted by molar-refractivity contribution is 5.46. The van der Waals surface area contributed by atoms with Crippen LogP contribution in [0.3, 0.4) is 0 Å². The Bertz CT molecular complexity index is 842. The Morgan fingerprint density at radius 2 is 1.40 bits per heavy atom. The molecular weight excluding hydrogens is 320 g/mol. The summed E-state index contributed by atoms with van der Waals surface area (Å²) in [5.41, 5.74) is 3.74. The van der Waals surface area contributed by atoms with Crippen LogP contribution in [-0.2, 0) is 17.6 Å². The number of benzene rings is 2. The van der Waals surface area contributed by atoms with Crippen LogP contribution in [0.25, 0.3) is 0 Å². The average molecular weight is 338 g/mol. The maximum Gasteiger partial charge on any atom is 0.231 e. The van der Waals surface area contributed by atoms with Crippen molar-refractivity contribution in [2.45, 2.75) is 12.8 Å². The molecule has 2 aromatic rings. The third-order valence-corrected chi connectivity index (χ3v) is 4.82. The lowest BCUT2D eigenvalue weighted by molar-refractivity contribution is 0.173. The maximum atomic E-state index is 5.63. The molecule has 25 heavy (non-hydrogen) atoms. The largest absolute Gasteiger partial charge is 0.501 e. The van der Waals surface area contributed by atoms with Gasteiger partial charge in [0.25, 0.3) is 0 Å². The molecule has 0 N–H and O–H groups in total. The first-order valence-electron chi connectivity index (χ1n) is 8.43. The lowest BCUT2D eigenvalue weighted by Gasteiger charge is -2.14. The van der Waals surface area contributed by atoms with Gasteiger partial charge in [0.15, 0.2) is 23.0 Å². The van der Waals surface area contributed by atoms with E-state index in [0.29, 0.717) is 26.1 Å². The van der Waals surface area contributed by atoms with E-state index in [1.807, 2.05) is 18.4 Å². The zero-order valence-electron chi connectivity index (χ0n) is 13.7. The van der Waals surface area contributed by atoms with Crippen LogP contribution in [0.1, 0.15) is 11.1 Å². The molecule has 0 amide bonds. The maximum absolute atomic E-state index is 5.63. The minimum atomic E-state index is 0.303. The Morgan fingerprint density at radius 3 is 2.16 bits per heavy atom. The zero-order valence-corrected chi connectivity index (χ0v) is 13.7. The summed E-state index contributed by atoms with van der Waals surface area (Å²) in [6, 6.07) is 12.3. The van der Waals surface area contributed by atoms with E-state index in [2.05, 4.69) is 24.3 Å². The second kappa shape index (κ2) is 5.92. The zero-order chi connectivity index (χ0) is 16.6. The normalized spacial score (nSPS) is 19.7. The van der Waals surface area contributed by atoms with Crippen molar-refractivity contribution in [1.82, 2.24) is 0 Å². The van der Waals surface area contributed by atoms with Crippen molar-refractivity contribution in [3.63, 3.8) is 0 Å². The minimum Gasteiger partial charge on any atom is -0.501 e. The molecule has 0 aliphatic carbocycles. The van der Waals surface area contributed by atoms with Gasteiger partial charge in [-0.15, -0.1) is 0 Å². The summed E-state index contributed by atoms with van der Waals surface area (Å²) in [7, 11) is 0. The summed E-state index contributed by atoms with van der Waals surface area (Å²) in [6.07, 6.45) is 3.68. The monoisotopic (exact) mass is 338 g/mol. The van der Waals surface area contributed by atoms with E-state index >= 15 is 0 Å². The van der Waals surface area contributed by atoms with E-state index in [-0.39, 0.29) is 0 Å². The summed E-state index contributed by atoms with van der Waals surface area (Å²) in [6.45, 7) is 1.33. The van der Waals surface area contributed by atoms with Crippen LogP contribution < -0.4 is 18.9 Å². The first kappa shape index (κ1) is 14.5. The summed E-state index contributed by atoms with van der Waals surface area (Å²) >= 11 is 0. The van der Waals surface area contributed by atoms with Crippen LogP contribution in [0, 0.1) is 5.92 Å². The van der Waals surface area contributed by atoms with Crippen LogP contribution in [0.5, 0.6) is 23.0 Å². The van der Waals surface area contributed by atoms with E-state index < -0.39 is 0 Å². The van der Waals surface area contributed by atoms with Crippen molar-refractivity contribution in [2.24, 2.45) is 5.92 Å². The molecule has 5 rings (SSSR count). The molecule has 0 bridgehead atoms. The highest BCUT2D eigenvalue weighted by Gasteiger charge is 2.23. The summed E-state index contributed by atoms with van der Waals surface area (Å²) in [5, 5.41) is 0. The molecular formula is C20H18O5. The minimum absolute atomic E-state index is 0.303. The molecule has 3 heterocycles. The van der Waals surface area contributed by atoms with E-state index in [1.165, 1.54) is 16.7 Å². The Hall–Kier alpha value is -2.82. The third-order valence-electron chi connectivity index (χ3n) is 4.82. The molecule has 3 aliphatic heterocycles. The van der Waals surface area contributed by atoms with Gasteiger partial charge >= 0.3 is 0 Å². The lowest BCUT2D eigenvalue weighted by atomic mass is 9.90. The second-order valence-corrected chi connectivity index (χ2v) is 6.48. The number of hydrogen-bond donors (Lipinski definition) is 0. The van der Waals surface area contributed by atoms with Crippen molar-refractivity contribution in [2.75, 3.05) is 20.2 Å². The number of fused-ring (bicyclic) bond motifs is 2. The van der Waals surface area contributed by atoms with Crippen molar-refractivity contribution in [3.8, 4) is 23.0 Å². The van der Waals surface area contributed by atoms with Crippen LogP contribution in [0.2, 0.25) is 0 Å². The van der Waals surface area contributed by atoms with Gasteiger partial charge in [-0.3, -0.25) is 0 Å². The fourth-order valence-corrected chi connectivity index (χ4v) is 3.49. The highest BCUT2D eigenvalue weighted by atomic mass is 16.7. The molecule has 5 heteroatoms. The fourth-order valence-electron chi connectivity index (χ4n) is 3.49. The summed E-state index contributed by atoms with van der Waals surface area (Å²) in [5.74, 6) is 3.66. The molecule has 0 aromatic heterocycles. The summed E-state index contributed by atoms with van der Waals surface area (Å²) in [4.78, 5) is 0. The van der Waals surface area contributed by atoms with Gasteiger partial charge in [0.2, 0.25) is 13.6 Å². The van der Waals surface area contributed by atoms with Crippen LogP contribution in [-0.4, -0.2) is 20.2 Å². The van der Waals surface area contributed by atoms with Gasteiger partial charge < -0.3 is 23.7 Å². The molecule has 2 aromatic carbocycles. The van der Waals surface area contributed by atoms with E-state index in [4.69, 9.17) is 23.7 Å². The van der Waals surface area contributed by atoms with Gasteiger partial charge in [-0.1, -0.05) is 12.1 Å². The lowest BCUT2D eigenvalue weighted by Crippen LogP contribution is -2.10. The van der Waals surface area contributed by atoms with E-state index in [1.54, 1.807) is 0 Å². The Kier molecular flexibility index (Phi) is 3.44. The molecule has 0 spiro atoms. The molecule has 0 radical (unpaired) electrons. The van der Waals surface area contributed by atoms with E-state index in [9.17, 15) is 0 Å². The first-order valence-corrected chi connectivity index (χ1v) is 8.43. The second-order valence-electron chi connectivity index (χ2n) is 6.48. The van der Waals surface area contributed by atoms with Gasteiger partial charge in [0.1, 0.15) is 0 Å². The predicted octanol–water partition coefficient (Wildman–Crippen LogP) is 3.46. The molecule has 0 fully saturated rings. The van der Waals surface area contributed by atoms with Gasteiger partial charge in [-0.25, -0.2) is 0 Å². The third kappa shape index (κ3) is 2.76. The molecule has 5 nitrogen and oxygen atoms in total. The molecule has 0 saturated heterocycles. The predicted molar refractivity (Wildman–Crippen MR) is 90.1 cm³/mol. The smallest absolute Gasteiger partial charge is 0.231 e. The first-order chi connectivity index (χ1) is 12.3. The number of ether oxygens (including phenoxy) is 5. The quantitative estimate of drug-likeness (QED) is 0.854. The molecule has 128 valence electrons. The van der Waals surface area contributed by atoms with Crippen LogP contribution in [0.15, 0.2) is 48.2 Å². The van der Waals surface area contributed by atoms with Gasteiger partial charge in [-0.2, -0.15) is 0 Å². The van der Waals surface area contributed by atoms with E-state index in [0.717, 1.165) is 35.8 Å². The van der Waals surface area contributed by atoms with Gasteiger partial charge in [0, 0.05) is 5.92 Å². The standard InChI is InChI=1S/C20H18O5/c1-3-17-19(24-11-22-17)7-13(1)5-15-9-21-10-16(15)6-14-2-4-18-20(8-14)25-12-23-18/h1-4,7-9,16H,5-6,10-12H2/t16-/m0/s1. The van der Waals surface area contributed by atoms with Gasteiger partial charge in [-0.05, 0) is 53.8 Å². The van der Waals surface area contributed by atoms with Crippen molar-refractivity contribution in [1.29, 1.82) is 0 Å². The average Bonchev–Trinajstić information content (AvgIpc) is 3.35. The Labute approximate surface area is 145 Å². The van der Waals surface area contributed by atoms with Crippen LogP contribution >= 0.6 is 0 Å².